The van der Waals surface area contributed by atoms with Gasteiger partial charge in [0.25, 0.3) is 0 Å². The van der Waals surface area contributed by atoms with Crippen molar-refractivity contribution in [1.82, 2.24) is 5.01 Å². The van der Waals surface area contributed by atoms with Gasteiger partial charge in [-0.15, -0.1) is 0 Å². The minimum Gasteiger partial charge on any atom is -0.269 e. The van der Waals surface area contributed by atoms with E-state index in [0.29, 0.717) is 0 Å². The summed E-state index contributed by atoms with van der Waals surface area (Å²) < 4.78 is 0. The SMILES string of the molecule is CCCCCCCCCCCCCCCN(C)N. The Hall–Kier alpha value is -0.0800. The van der Waals surface area contributed by atoms with Crippen LogP contribution in [0.15, 0.2) is 0 Å². The summed E-state index contributed by atoms with van der Waals surface area (Å²) in [5, 5.41) is 1.79. The zero-order chi connectivity index (χ0) is 13.5. The molecule has 110 valence electrons. The van der Waals surface area contributed by atoms with Gasteiger partial charge in [0.2, 0.25) is 0 Å². The molecule has 0 aliphatic heterocycles. The summed E-state index contributed by atoms with van der Waals surface area (Å²) in [6.45, 7) is 3.32. The highest BCUT2D eigenvalue weighted by Crippen LogP contribution is 2.12. The Labute approximate surface area is 115 Å². The molecule has 2 heteroatoms. The van der Waals surface area contributed by atoms with E-state index in [0.717, 1.165) is 6.54 Å². The molecule has 0 aromatic carbocycles. The monoisotopic (exact) mass is 256 g/mol. The second kappa shape index (κ2) is 15.0. The van der Waals surface area contributed by atoms with Crippen LogP contribution in [0.2, 0.25) is 0 Å². The molecule has 0 atom stereocenters. The van der Waals surface area contributed by atoms with Crippen molar-refractivity contribution >= 4 is 0 Å². The zero-order valence-electron chi connectivity index (χ0n) is 12.9. The lowest BCUT2D eigenvalue weighted by atomic mass is 10.0. The molecule has 0 saturated carbocycles. The van der Waals surface area contributed by atoms with Crippen LogP contribution in [-0.2, 0) is 0 Å². The first-order valence-corrected chi connectivity index (χ1v) is 8.23. The maximum atomic E-state index is 5.57. The fraction of sp³-hybridized carbons (Fsp3) is 1.00. The number of hydrazine groups is 1. The molecule has 0 unspecified atom stereocenters. The van der Waals surface area contributed by atoms with Gasteiger partial charge < -0.3 is 0 Å². The Bertz CT molecular complexity index is 146. The van der Waals surface area contributed by atoms with Crippen LogP contribution in [-0.4, -0.2) is 18.6 Å². The topological polar surface area (TPSA) is 29.3 Å². The Morgan fingerprint density at radius 1 is 0.611 bits per heavy atom. The number of nitrogens with two attached hydrogens (primary N) is 1. The van der Waals surface area contributed by atoms with Crippen LogP contribution in [0.25, 0.3) is 0 Å². The van der Waals surface area contributed by atoms with Gasteiger partial charge in [-0.25, -0.2) is 0 Å². The van der Waals surface area contributed by atoms with E-state index in [1.54, 1.807) is 5.01 Å². The Kier molecular flexibility index (Phi) is 14.9. The molecular weight excluding hydrogens is 220 g/mol. The van der Waals surface area contributed by atoms with Crippen molar-refractivity contribution in [1.29, 1.82) is 0 Å². The van der Waals surface area contributed by atoms with Gasteiger partial charge in [-0.2, -0.15) is 0 Å². The summed E-state index contributed by atoms with van der Waals surface area (Å²) in [6.07, 6.45) is 18.4. The normalized spacial score (nSPS) is 11.3. The highest BCUT2D eigenvalue weighted by Gasteiger charge is 1.94. The van der Waals surface area contributed by atoms with Crippen LogP contribution in [0.4, 0.5) is 0 Å². The van der Waals surface area contributed by atoms with Crippen molar-refractivity contribution in [3.63, 3.8) is 0 Å². The van der Waals surface area contributed by atoms with E-state index in [1.165, 1.54) is 83.5 Å². The van der Waals surface area contributed by atoms with Crippen molar-refractivity contribution < 1.29 is 0 Å². The molecule has 0 radical (unpaired) electrons. The number of hydrogen-bond donors (Lipinski definition) is 1. The summed E-state index contributed by atoms with van der Waals surface area (Å²) in [4.78, 5) is 0. The summed E-state index contributed by atoms with van der Waals surface area (Å²) >= 11 is 0. The van der Waals surface area contributed by atoms with E-state index in [4.69, 9.17) is 5.84 Å². The molecule has 0 bridgehead atoms. The van der Waals surface area contributed by atoms with E-state index in [9.17, 15) is 0 Å². The van der Waals surface area contributed by atoms with Gasteiger partial charge in [0.05, 0.1) is 0 Å². The molecule has 0 amide bonds. The van der Waals surface area contributed by atoms with Gasteiger partial charge in [0, 0.05) is 13.6 Å². The van der Waals surface area contributed by atoms with E-state index >= 15 is 0 Å². The van der Waals surface area contributed by atoms with Gasteiger partial charge in [-0.05, 0) is 6.42 Å². The van der Waals surface area contributed by atoms with Crippen molar-refractivity contribution in [2.45, 2.75) is 90.4 Å². The molecule has 0 fully saturated rings. The molecule has 0 aromatic heterocycles. The average molecular weight is 256 g/mol. The Morgan fingerprint density at radius 2 is 0.944 bits per heavy atom. The van der Waals surface area contributed by atoms with Crippen molar-refractivity contribution in [3.05, 3.63) is 0 Å². The van der Waals surface area contributed by atoms with Crippen LogP contribution >= 0.6 is 0 Å². The Morgan fingerprint density at radius 3 is 1.28 bits per heavy atom. The van der Waals surface area contributed by atoms with Gasteiger partial charge in [-0.1, -0.05) is 84.0 Å². The lowest BCUT2D eigenvalue weighted by molar-refractivity contribution is 0.336. The third-order valence-electron chi connectivity index (χ3n) is 3.61. The van der Waals surface area contributed by atoms with E-state index in [-0.39, 0.29) is 0 Å². The predicted molar refractivity (Wildman–Crippen MR) is 82.5 cm³/mol. The zero-order valence-corrected chi connectivity index (χ0v) is 12.9. The van der Waals surface area contributed by atoms with Crippen LogP contribution in [0.3, 0.4) is 0 Å². The number of hydrogen-bond acceptors (Lipinski definition) is 2. The standard InChI is InChI=1S/C16H36N2/c1-3-4-5-6-7-8-9-10-11-12-13-14-15-16-18(2)17/h3-17H2,1-2H3. The van der Waals surface area contributed by atoms with Gasteiger partial charge in [0.1, 0.15) is 0 Å². The maximum absolute atomic E-state index is 5.57. The third kappa shape index (κ3) is 15.9. The second-order valence-electron chi connectivity index (χ2n) is 5.72. The molecule has 2 N–H and O–H groups in total. The molecule has 0 aliphatic rings. The highest BCUT2D eigenvalue weighted by atomic mass is 15.4. The molecule has 0 rings (SSSR count). The average Bonchev–Trinajstić information content (AvgIpc) is 2.34. The van der Waals surface area contributed by atoms with Crippen LogP contribution in [0.5, 0.6) is 0 Å². The van der Waals surface area contributed by atoms with Crippen molar-refractivity contribution in [3.8, 4) is 0 Å². The minimum atomic E-state index is 1.04. The van der Waals surface area contributed by atoms with E-state index in [2.05, 4.69) is 6.92 Å². The molecule has 0 heterocycles. The molecular formula is C16H36N2. The lowest BCUT2D eigenvalue weighted by Crippen LogP contribution is -2.26. The summed E-state index contributed by atoms with van der Waals surface area (Å²) in [5.74, 6) is 5.57. The van der Waals surface area contributed by atoms with Crippen LogP contribution in [0.1, 0.15) is 90.4 Å². The van der Waals surface area contributed by atoms with Gasteiger partial charge >= 0.3 is 0 Å². The summed E-state index contributed by atoms with van der Waals surface area (Å²) in [5.41, 5.74) is 0. The first kappa shape index (κ1) is 17.9. The smallest absolute Gasteiger partial charge is 0.0125 e. The third-order valence-corrected chi connectivity index (χ3v) is 3.61. The van der Waals surface area contributed by atoms with E-state index in [1.807, 2.05) is 7.05 Å². The fourth-order valence-corrected chi connectivity index (χ4v) is 2.38. The number of rotatable bonds is 14. The van der Waals surface area contributed by atoms with Crippen molar-refractivity contribution in [2.24, 2.45) is 5.84 Å². The first-order chi connectivity index (χ1) is 8.77. The van der Waals surface area contributed by atoms with Crippen LogP contribution < -0.4 is 5.84 Å². The Balaban J connectivity index is 2.90. The lowest BCUT2D eigenvalue weighted by Gasteiger charge is -2.08. The van der Waals surface area contributed by atoms with Crippen LogP contribution in [0, 0.1) is 0 Å². The number of unbranched alkanes of at least 4 members (excludes halogenated alkanes) is 12. The van der Waals surface area contributed by atoms with Gasteiger partial charge in [-0.3, -0.25) is 10.9 Å². The molecule has 0 saturated heterocycles. The number of nitrogens with zero attached hydrogens (tertiary/aromatic N) is 1. The molecule has 0 aromatic rings. The summed E-state index contributed by atoms with van der Waals surface area (Å²) in [7, 11) is 1.94. The molecule has 2 nitrogen and oxygen atoms in total. The molecule has 0 aliphatic carbocycles. The molecule has 18 heavy (non-hydrogen) atoms. The minimum absolute atomic E-state index is 1.04. The quantitative estimate of drug-likeness (QED) is 0.272. The highest BCUT2D eigenvalue weighted by molar-refractivity contribution is 4.49. The van der Waals surface area contributed by atoms with Crippen molar-refractivity contribution in [2.75, 3.05) is 13.6 Å². The van der Waals surface area contributed by atoms with Gasteiger partial charge in [0.15, 0.2) is 0 Å². The summed E-state index contributed by atoms with van der Waals surface area (Å²) in [6, 6.07) is 0. The predicted octanol–water partition coefficient (Wildman–Crippen LogP) is 4.88. The fourth-order valence-electron chi connectivity index (χ4n) is 2.38. The molecule has 0 spiro atoms. The van der Waals surface area contributed by atoms with E-state index < -0.39 is 0 Å². The second-order valence-corrected chi connectivity index (χ2v) is 5.72. The maximum Gasteiger partial charge on any atom is 0.0125 e. The first-order valence-electron chi connectivity index (χ1n) is 8.23. The largest absolute Gasteiger partial charge is 0.269 e.